The van der Waals surface area contributed by atoms with E-state index >= 15 is 0 Å². The van der Waals surface area contributed by atoms with E-state index in [0.29, 0.717) is 0 Å². The first-order valence-corrected chi connectivity index (χ1v) is 42.4. The van der Waals surface area contributed by atoms with E-state index in [0.717, 1.165) is 68.0 Å². The second-order valence-corrected chi connectivity index (χ2v) is 19.6. The van der Waals surface area contributed by atoms with Crippen LogP contribution >= 0.6 is 45.5 Å². The van der Waals surface area contributed by atoms with Crippen molar-refractivity contribution in [2.24, 2.45) is 7.05 Å². The van der Waals surface area contributed by atoms with Crippen LogP contribution in [0.2, 0.25) is 0 Å². The third kappa shape index (κ3) is 127. The Morgan fingerprint density at radius 1 is 0.411 bits per heavy atom. The fraction of sp³-hybridized carbons (Fsp3) is 0.500. The van der Waals surface area contributed by atoms with Crippen LogP contribution in [0.15, 0.2) is 203 Å². The number of thiazole rings is 3. The van der Waals surface area contributed by atoms with Gasteiger partial charge in [0.25, 0.3) is 0 Å². The molecule has 0 saturated carbocycles. The first kappa shape index (κ1) is 135. The van der Waals surface area contributed by atoms with Gasteiger partial charge in [-0.1, -0.05) is 209 Å². The average Bonchev–Trinajstić information content (AvgIpc) is 4.71. The first-order valence-electron chi connectivity index (χ1n) is 38.9. The summed E-state index contributed by atoms with van der Waals surface area (Å²) in [6.45, 7) is 81.0. The Bertz CT molecular complexity index is 2440. The van der Waals surface area contributed by atoms with Crippen molar-refractivity contribution >= 4 is 45.5 Å². The second-order valence-electron chi connectivity index (χ2n) is 16.1. The molecule has 0 saturated heterocycles. The van der Waals surface area contributed by atoms with Gasteiger partial charge < -0.3 is 46.3 Å². The molecular weight excluding hydrogens is 1490 g/mol. The highest BCUT2D eigenvalue weighted by Crippen LogP contribution is 2.01. The molecule has 0 amide bonds. The van der Waals surface area contributed by atoms with E-state index in [1.807, 2.05) is 334 Å². The third-order valence-electron chi connectivity index (χ3n) is 8.13. The molecule has 14 rings (SSSR count). The average molecular weight is 1640 g/mol. The molecule has 14 aromatic rings. The highest BCUT2D eigenvalue weighted by atomic mass is 32.1. The maximum atomic E-state index is 4.72. The van der Waals surface area contributed by atoms with E-state index in [1.165, 1.54) is 29.2 Å². The fourth-order valence-corrected chi connectivity index (χ4v) is 6.04. The van der Waals surface area contributed by atoms with Gasteiger partial charge in [-0.2, -0.15) is 4.37 Å². The number of hydrogen-bond donors (Lipinski definition) is 3. The topological polar surface area (TPSA) is 312 Å². The SMILES string of the molecule is CC.CC.CC.CC.CC.CC.CC.CC.CC.CC.CC.CC.CC.CC.Cc1ccno1.Cc1ccon1.Cc1ccsn1.Cc1cnc[nH]1.Cc1cnc[nH]1.Cc1cnco1.Cc1cncs1.Cc1cnoc1.Cc1cocn1.Cc1cscn1.Cc1ncc[nH]1.Cc1ncco1.Cc1nccs1.Cn1ccnc1. The van der Waals surface area contributed by atoms with Gasteiger partial charge in [-0.15, -0.1) is 34.0 Å². The fourth-order valence-electron chi connectivity index (χ4n) is 4.10. The minimum atomic E-state index is 0.718. The molecule has 0 aliphatic heterocycles. The molecule has 0 radical (unpaired) electrons. The van der Waals surface area contributed by atoms with Crippen molar-refractivity contribution in [3.8, 4) is 0 Å². The summed E-state index contributed by atoms with van der Waals surface area (Å²) in [6, 6.07) is 5.60. The molecule has 112 heavy (non-hydrogen) atoms. The van der Waals surface area contributed by atoms with Crippen molar-refractivity contribution in [1.82, 2.24) is 89.2 Å². The monoisotopic (exact) mass is 1640 g/mol. The highest BCUT2D eigenvalue weighted by molar-refractivity contribution is 7.09. The van der Waals surface area contributed by atoms with Crippen molar-refractivity contribution in [3.05, 3.63) is 249 Å². The van der Waals surface area contributed by atoms with Gasteiger partial charge in [0, 0.05) is 119 Å². The number of aryl methyl sites for hydroxylation is 14. The smallest absolute Gasteiger partial charge is 0.190 e. The van der Waals surface area contributed by atoms with Crippen molar-refractivity contribution in [2.45, 2.75) is 284 Å². The van der Waals surface area contributed by atoms with E-state index in [-0.39, 0.29) is 0 Å². The number of nitrogens with one attached hydrogen (secondary N) is 3. The largest absolute Gasteiger partial charge is 0.452 e. The zero-order valence-corrected chi connectivity index (χ0v) is 80.8. The predicted octanol–water partition coefficient (Wildman–Crippen LogP) is 28.6. The molecule has 0 aliphatic carbocycles. The molecule has 14 heterocycles. The van der Waals surface area contributed by atoms with Crippen molar-refractivity contribution in [2.75, 3.05) is 0 Å². The lowest BCUT2D eigenvalue weighted by molar-refractivity contribution is 0.397. The van der Waals surface area contributed by atoms with Crippen LogP contribution in [0.5, 0.6) is 0 Å². The Balaban J connectivity index is -0.0000000751. The molecule has 644 valence electrons. The summed E-state index contributed by atoms with van der Waals surface area (Å²) in [5.74, 6) is 3.40. The molecule has 24 nitrogen and oxygen atoms in total. The van der Waals surface area contributed by atoms with Crippen LogP contribution in [0.25, 0.3) is 0 Å². The standard InChI is InChI=1S/4C4H6N2.6C4H5NO.4C4H5NS.14C2H6/c2*1-4-2-5-3-6-4;1-6-3-2-5-4-6;1-4-5-2-3-6-4;1-4-2-6-3-5-4;1-4-2-5-3-6-4;1-4-2-5-6-3-4;1-4-5-2-3-6-4;1-4-2-3-6-5-4;1-4-2-3-5-6-4;1-4-2-6-3-5-4;1-4-2-5-3-6-4;1-4-5-2-3-6-4;1-4-2-3-6-5-4;14*1-2/h2*2-3H,1H3,(H,5,6);2-4H,1H3;2-3H,1H3,(H,5,6);10*2-3H,1H3;14*1-2H3. The summed E-state index contributed by atoms with van der Waals surface area (Å²) in [6.07, 6.45) is 35.2. The highest BCUT2D eigenvalue weighted by Gasteiger charge is 1.83. The van der Waals surface area contributed by atoms with E-state index in [9.17, 15) is 0 Å². The van der Waals surface area contributed by atoms with Crippen molar-refractivity contribution < 1.29 is 26.8 Å². The van der Waals surface area contributed by atoms with Crippen LogP contribution in [-0.4, -0.2) is 89.2 Å². The Labute approximate surface area is 697 Å². The maximum absolute atomic E-state index is 4.72. The molecule has 0 bridgehead atoms. The van der Waals surface area contributed by atoms with E-state index in [4.69, 9.17) is 8.83 Å². The van der Waals surface area contributed by atoms with Crippen LogP contribution < -0.4 is 0 Å². The van der Waals surface area contributed by atoms with Gasteiger partial charge in [0.2, 0.25) is 0 Å². The quantitative estimate of drug-likeness (QED) is 0.127. The van der Waals surface area contributed by atoms with Crippen molar-refractivity contribution in [3.63, 3.8) is 0 Å². The third-order valence-corrected chi connectivity index (χ3v) is 10.9. The Kier molecular flexibility index (Phi) is 158. The normalized spacial score (nSPS) is 7.38. The summed E-state index contributed by atoms with van der Waals surface area (Å²) < 4.78 is 33.4. The van der Waals surface area contributed by atoms with E-state index < -0.39 is 0 Å². The molecular formula is C84H158N18O6S4. The molecule has 14 aromatic heterocycles. The minimum absolute atomic E-state index is 0.718. The maximum Gasteiger partial charge on any atom is 0.190 e. The Morgan fingerprint density at radius 2 is 0.991 bits per heavy atom. The summed E-state index contributed by atoms with van der Waals surface area (Å²) in [5, 5.41) is 17.5. The zero-order valence-electron chi connectivity index (χ0n) is 77.5. The number of aromatic amines is 3. The molecule has 0 aromatic carbocycles. The lowest BCUT2D eigenvalue weighted by Gasteiger charge is -1.76. The zero-order chi connectivity index (χ0) is 89.7. The van der Waals surface area contributed by atoms with Crippen LogP contribution in [0.1, 0.15) is 267 Å². The molecule has 3 N–H and O–H groups in total. The minimum Gasteiger partial charge on any atom is -0.452 e. The van der Waals surface area contributed by atoms with E-state index in [1.54, 1.807) is 159 Å². The van der Waals surface area contributed by atoms with Crippen LogP contribution in [0.3, 0.4) is 0 Å². The molecule has 0 fully saturated rings. The summed E-state index contributed by atoms with van der Waals surface area (Å²) >= 11 is 6.45. The van der Waals surface area contributed by atoms with Crippen LogP contribution in [0.4, 0.5) is 0 Å². The predicted molar refractivity (Wildman–Crippen MR) is 487 cm³/mol. The molecule has 0 unspecified atom stereocenters. The number of rotatable bonds is 0. The number of imidazole rings is 4. The Hall–Kier alpha value is -9.38. The van der Waals surface area contributed by atoms with Gasteiger partial charge in [-0.05, 0) is 101 Å². The van der Waals surface area contributed by atoms with Gasteiger partial charge in [-0.25, -0.2) is 34.9 Å². The lowest BCUT2D eigenvalue weighted by Crippen LogP contribution is -1.76. The Morgan fingerprint density at radius 3 is 1.11 bits per heavy atom. The van der Waals surface area contributed by atoms with Gasteiger partial charge in [0.1, 0.15) is 42.4 Å². The van der Waals surface area contributed by atoms with Crippen molar-refractivity contribution in [1.29, 1.82) is 0 Å². The van der Waals surface area contributed by atoms with Crippen LogP contribution in [0, 0.1) is 90.0 Å². The van der Waals surface area contributed by atoms with Gasteiger partial charge in [0.15, 0.2) is 18.7 Å². The van der Waals surface area contributed by atoms with Gasteiger partial charge in [-0.3, -0.25) is 15.0 Å². The van der Waals surface area contributed by atoms with Gasteiger partial charge >= 0.3 is 0 Å². The number of nitrogens with zero attached hydrogens (tertiary/aromatic N) is 15. The number of hydrogen-bond acceptors (Lipinski definition) is 24. The summed E-state index contributed by atoms with van der Waals surface area (Å²) in [4.78, 5) is 48.0. The van der Waals surface area contributed by atoms with Gasteiger partial charge in [0.05, 0.1) is 76.9 Å². The number of H-pyrrole nitrogens is 3. The number of aromatic nitrogens is 18. The molecule has 0 spiro atoms. The van der Waals surface area contributed by atoms with E-state index in [2.05, 4.69) is 103 Å². The number of oxazole rings is 3. The lowest BCUT2D eigenvalue weighted by atomic mass is 10.4. The summed E-state index contributed by atoms with van der Waals surface area (Å²) in [5.41, 5.74) is 11.0. The first-order chi connectivity index (χ1) is 54.5. The molecule has 0 aliphatic rings. The second kappa shape index (κ2) is 131. The molecule has 0 atom stereocenters. The van der Waals surface area contributed by atoms with Crippen LogP contribution in [-0.2, 0) is 7.05 Å². The summed E-state index contributed by atoms with van der Waals surface area (Å²) in [7, 11) is 1.94. The molecule has 28 heteroatoms.